The van der Waals surface area contributed by atoms with E-state index in [0.29, 0.717) is 18.3 Å². The number of anilines is 1. The number of aromatic nitrogens is 1. The third-order valence-corrected chi connectivity index (χ3v) is 4.60. The van der Waals surface area contributed by atoms with Crippen molar-refractivity contribution in [2.45, 2.75) is 18.3 Å². The van der Waals surface area contributed by atoms with Gasteiger partial charge < -0.3 is 15.8 Å². The first kappa shape index (κ1) is 16.7. The van der Waals surface area contributed by atoms with Crippen molar-refractivity contribution in [1.82, 2.24) is 4.98 Å². The van der Waals surface area contributed by atoms with E-state index >= 15 is 0 Å². The minimum atomic E-state index is -0.0977. The molecule has 0 saturated carbocycles. The van der Waals surface area contributed by atoms with Crippen LogP contribution in [-0.4, -0.2) is 30.7 Å². The number of pyridine rings is 1. The maximum atomic E-state index is 6.18. The summed E-state index contributed by atoms with van der Waals surface area (Å²) < 4.78 is 5.54. The van der Waals surface area contributed by atoms with Crippen LogP contribution in [0.5, 0.6) is 0 Å². The van der Waals surface area contributed by atoms with Crippen molar-refractivity contribution in [3.63, 3.8) is 0 Å². The largest absolute Gasteiger partial charge is 0.381 e. The lowest BCUT2D eigenvalue weighted by molar-refractivity contribution is 0.0531. The molecule has 0 aliphatic carbocycles. The van der Waals surface area contributed by atoms with Crippen LogP contribution in [-0.2, 0) is 10.2 Å². The number of hydrogen-bond acceptors (Lipinski definition) is 3. The second-order valence-electron chi connectivity index (χ2n) is 5.94. The molecule has 1 aromatic heterocycles. The summed E-state index contributed by atoms with van der Waals surface area (Å²) in [6.45, 7) is 2.02. The minimum Gasteiger partial charge on any atom is -0.381 e. The summed E-state index contributed by atoms with van der Waals surface area (Å²) in [5, 5.41) is 3.76. The monoisotopic (exact) mass is 344 g/mol. The number of hydrogen-bond donors (Lipinski definition) is 2. The van der Waals surface area contributed by atoms with Gasteiger partial charge in [-0.3, -0.25) is 4.99 Å². The van der Waals surface area contributed by atoms with Gasteiger partial charge in [0.1, 0.15) is 5.82 Å². The Kier molecular flexibility index (Phi) is 5.33. The van der Waals surface area contributed by atoms with Crippen molar-refractivity contribution < 1.29 is 4.74 Å². The first-order chi connectivity index (χ1) is 11.7. The highest BCUT2D eigenvalue weighted by molar-refractivity contribution is 6.30. The van der Waals surface area contributed by atoms with Gasteiger partial charge in [0.2, 0.25) is 0 Å². The Bertz CT molecular complexity index is 699. The van der Waals surface area contributed by atoms with Crippen molar-refractivity contribution in [1.29, 1.82) is 0 Å². The van der Waals surface area contributed by atoms with Gasteiger partial charge in [0.05, 0.1) is 6.54 Å². The molecule has 1 saturated heterocycles. The molecular weight excluding hydrogens is 324 g/mol. The van der Waals surface area contributed by atoms with Gasteiger partial charge >= 0.3 is 0 Å². The standard InChI is InChI=1S/C18H21ClN4O/c19-15-5-3-4-14(12-15)18(7-10-24-11-8-18)13-22-17(20)23-16-6-1-2-9-21-16/h1-6,9,12H,7-8,10-11,13H2,(H3,20,21,22,23). The number of nitrogens with two attached hydrogens (primary N) is 1. The van der Waals surface area contributed by atoms with Gasteiger partial charge in [0, 0.05) is 29.8 Å². The first-order valence-electron chi connectivity index (χ1n) is 8.00. The second kappa shape index (κ2) is 7.64. The molecule has 0 spiro atoms. The molecule has 1 aliphatic rings. The molecule has 1 aromatic carbocycles. The SMILES string of the molecule is NC(=NCC1(c2cccc(Cl)c2)CCOCC1)Nc1ccccn1. The zero-order chi connectivity index (χ0) is 16.8. The van der Waals surface area contributed by atoms with Crippen LogP contribution in [0, 0.1) is 0 Å². The van der Waals surface area contributed by atoms with Crippen LogP contribution >= 0.6 is 11.6 Å². The average molecular weight is 345 g/mol. The summed E-state index contributed by atoms with van der Waals surface area (Å²) >= 11 is 6.18. The van der Waals surface area contributed by atoms with E-state index in [4.69, 9.17) is 22.1 Å². The van der Waals surface area contributed by atoms with E-state index in [0.717, 1.165) is 31.1 Å². The van der Waals surface area contributed by atoms with Crippen LogP contribution in [0.4, 0.5) is 5.82 Å². The summed E-state index contributed by atoms with van der Waals surface area (Å²) in [6, 6.07) is 13.6. The second-order valence-corrected chi connectivity index (χ2v) is 6.38. The zero-order valence-corrected chi connectivity index (χ0v) is 14.2. The molecular formula is C18H21ClN4O. The summed E-state index contributed by atoms with van der Waals surface area (Å²) in [5.74, 6) is 1.05. The smallest absolute Gasteiger partial charge is 0.194 e. The molecule has 0 atom stereocenters. The zero-order valence-electron chi connectivity index (χ0n) is 13.4. The van der Waals surface area contributed by atoms with Gasteiger partial charge in [-0.05, 0) is 42.7 Å². The van der Waals surface area contributed by atoms with E-state index in [1.54, 1.807) is 6.20 Å². The molecule has 1 fully saturated rings. The molecule has 3 rings (SSSR count). The lowest BCUT2D eigenvalue weighted by Crippen LogP contribution is -2.38. The first-order valence-corrected chi connectivity index (χ1v) is 8.38. The highest BCUT2D eigenvalue weighted by Gasteiger charge is 2.34. The predicted molar refractivity (Wildman–Crippen MR) is 97.5 cm³/mol. The summed E-state index contributed by atoms with van der Waals surface area (Å²) in [4.78, 5) is 8.76. The lowest BCUT2D eigenvalue weighted by atomic mass is 9.74. The molecule has 0 unspecified atom stereocenters. The van der Waals surface area contributed by atoms with E-state index in [1.807, 2.05) is 36.4 Å². The minimum absolute atomic E-state index is 0.0977. The van der Waals surface area contributed by atoms with Gasteiger partial charge in [0.15, 0.2) is 5.96 Å². The van der Waals surface area contributed by atoms with Crippen molar-refractivity contribution >= 4 is 23.4 Å². The van der Waals surface area contributed by atoms with Crippen LogP contribution in [0.15, 0.2) is 53.7 Å². The Balaban J connectivity index is 1.78. The Morgan fingerprint density at radius 3 is 2.79 bits per heavy atom. The Morgan fingerprint density at radius 2 is 2.08 bits per heavy atom. The van der Waals surface area contributed by atoms with E-state index in [9.17, 15) is 0 Å². The number of ether oxygens (including phenoxy) is 1. The molecule has 0 amide bonds. The molecule has 0 bridgehead atoms. The van der Waals surface area contributed by atoms with Crippen LogP contribution in [0.1, 0.15) is 18.4 Å². The van der Waals surface area contributed by atoms with Crippen LogP contribution < -0.4 is 11.1 Å². The third-order valence-electron chi connectivity index (χ3n) is 4.36. The quantitative estimate of drug-likeness (QED) is 0.660. The summed E-state index contributed by atoms with van der Waals surface area (Å²) in [6.07, 6.45) is 3.50. The Morgan fingerprint density at radius 1 is 1.25 bits per heavy atom. The Hall–Kier alpha value is -2.11. The topological polar surface area (TPSA) is 72.5 Å². The molecule has 2 aromatic rings. The maximum Gasteiger partial charge on any atom is 0.194 e. The molecule has 3 N–H and O–H groups in total. The molecule has 24 heavy (non-hydrogen) atoms. The predicted octanol–water partition coefficient (Wildman–Crippen LogP) is 3.21. The van der Waals surface area contributed by atoms with E-state index < -0.39 is 0 Å². The molecule has 5 nitrogen and oxygen atoms in total. The van der Waals surface area contributed by atoms with Gasteiger partial charge in [-0.25, -0.2) is 4.98 Å². The highest BCUT2D eigenvalue weighted by Crippen LogP contribution is 2.36. The van der Waals surface area contributed by atoms with E-state index in [1.165, 1.54) is 5.56 Å². The van der Waals surface area contributed by atoms with Gasteiger partial charge in [-0.1, -0.05) is 29.8 Å². The fourth-order valence-electron chi connectivity index (χ4n) is 2.96. The normalized spacial score (nSPS) is 17.5. The van der Waals surface area contributed by atoms with Crippen LogP contribution in [0.3, 0.4) is 0 Å². The fraction of sp³-hybridized carbons (Fsp3) is 0.333. The van der Waals surface area contributed by atoms with Gasteiger partial charge in [0.25, 0.3) is 0 Å². The lowest BCUT2D eigenvalue weighted by Gasteiger charge is -2.36. The number of halogens is 1. The Labute approximate surface area is 146 Å². The number of rotatable bonds is 4. The number of nitrogens with zero attached hydrogens (tertiary/aromatic N) is 2. The molecule has 6 heteroatoms. The van der Waals surface area contributed by atoms with Gasteiger partial charge in [-0.2, -0.15) is 0 Å². The van der Waals surface area contributed by atoms with Crippen molar-refractivity contribution in [3.8, 4) is 0 Å². The van der Waals surface area contributed by atoms with Crippen LogP contribution in [0.25, 0.3) is 0 Å². The summed E-state index contributed by atoms with van der Waals surface area (Å²) in [5.41, 5.74) is 7.12. The highest BCUT2D eigenvalue weighted by atomic mass is 35.5. The van der Waals surface area contributed by atoms with Crippen LogP contribution in [0.2, 0.25) is 5.02 Å². The summed E-state index contributed by atoms with van der Waals surface area (Å²) in [7, 11) is 0. The van der Waals surface area contributed by atoms with Crippen molar-refractivity contribution in [3.05, 3.63) is 59.2 Å². The van der Waals surface area contributed by atoms with Crippen molar-refractivity contribution in [2.24, 2.45) is 10.7 Å². The fourth-order valence-corrected chi connectivity index (χ4v) is 3.15. The molecule has 2 heterocycles. The number of guanidine groups is 1. The maximum absolute atomic E-state index is 6.18. The van der Waals surface area contributed by atoms with Crippen molar-refractivity contribution in [2.75, 3.05) is 25.1 Å². The molecule has 1 aliphatic heterocycles. The number of nitrogens with one attached hydrogen (secondary N) is 1. The average Bonchev–Trinajstić information content (AvgIpc) is 2.62. The molecule has 126 valence electrons. The number of aliphatic imine (C=N–C) groups is 1. The molecule has 0 radical (unpaired) electrons. The van der Waals surface area contributed by atoms with Gasteiger partial charge in [-0.15, -0.1) is 0 Å². The van der Waals surface area contributed by atoms with E-state index in [2.05, 4.69) is 21.4 Å². The number of benzene rings is 1. The van der Waals surface area contributed by atoms with E-state index in [-0.39, 0.29) is 5.41 Å². The third kappa shape index (κ3) is 4.04.